The zero-order chi connectivity index (χ0) is 15.5. The maximum Gasteiger partial charge on any atom is 0.123 e. The quantitative estimate of drug-likeness (QED) is 0.634. The van der Waals surface area contributed by atoms with Gasteiger partial charge in [0.1, 0.15) is 5.75 Å². The van der Waals surface area contributed by atoms with Crippen molar-refractivity contribution in [2.45, 2.75) is 19.4 Å². The van der Waals surface area contributed by atoms with Crippen LogP contribution in [0.15, 0.2) is 18.2 Å². The smallest absolute Gasteiger partial charge is 0.123 e. The monoisotopic (exact) mass is 297 g/mol. The van der Waals surface area contributed by atoms with E-state index < -0.39 is 0 Å². The highest BCUT2D eigenvalue weighted by molar-refractivity contribution is 5.39. The van der Waals surface area contributed by atoms with Gasteiger partial charge >= 0.3 is 0 Å². The van der Waals surface area contributed by atoms with Gasteiger partial charge in [-0.15, -0.1) is 0 Å². The molecule has 0 amide bonds. The number of rotatable bonds is 11. The third-order valence-electron chi connectivity index (χ3n) is 3.09. The Morgan fingerprint density at radius 1 is 1.05 bits per heavy atom. The van der Waals surface area contributed by atoms with Gasteiger partial charge in [-0.05, 0) is 19.4 Å². The second kappa shape index (κ2) is 10.6. The first kappa shape index (κ1) is 17.9. The van der Waals surface area contributed by atoms with E-state index in [9.17, 15) is 0 Å². The highest BCUT2D eigenvalue weighted by atomic mass is 16.5. The maximum absolute atomic E-state index is 6.16. The van der Waals surface area contributed by atoms with Gasteiger partial charge in [0.15, 0.2) is 0 Å². The van der Waals surface area contributed by atoms with Crippen molar-refractivity contribution in [2.24, 2.45) is 5.73 Å². The summed E-state index contributed by atoms with van der Waals surface area (Å²) in [6, 6.07) is 5.77. The van der Waals surface area contributed by atoms with Crippen LogP contribution in [0, 0.1) is 6.92 Å². The predicted molar refractivity (Wildman–Crippen MR) is 82.8 cm³/mol. The standard InChI is InChI=1S/C16H27NO4/c1-13-5-6-16(19-3)14(11-13)15(17)12-21-10-9-20-8-4-7-18-2/h5-6,11,15H,4,7-10,12,17H2,1-3H3. The molecule has 21 heavy (non-hydrogen) atoms. The second-order valence-electron chi connectivity index (χ2n) is 4.89. The van der Waals surface area contributed by atoms with E-state index >= 15 is 0 Å². The SMILES string of the molecule is COCCCOCCOCC(N)c1cc(C)ccc1OC. The third-order valence-corrected chi connectivity index (χ3v) is 3.09. The van der Waals surface area contributed by atoms with Crippen LogP contribution in [-0.4, -0.2) is 47.3 Å². The van der Waals surface area contributed by atoms with Crippen LogP contribution >= 0.6 is 0 Å². The van der Waals surface area contributed by atoms with Crippen molar-refractivity contribution < 1.29 is 18.9 Å². The first-order valence-corrected chi connectivity index (χ1v) is 7.23. The number of nitrogens with two attached hydrogens (primary N) is 1. The van der Waals surface area contributed by atoms with E-state index in [2.05, 4.69) is 0 Å². The summed E-state index contributed by atoms with van der Waals surface area (Å²) in [5.41, 5.74) is 8.28. The lowest BCUT2D eigenvalue weighted by atomic mass is 10.0. The van der Waals surface area contributed by atoms with Crippen molar-refractivity contribution in [1.82, 2.24) is 0 Å². The largest absolute Gasteiger partial charge is 0.496 e. The minimum absolute atomic E-state index is 0.201. The molecule has 1 aromatic rings. The minimum Gasteiger partial charge on any atom is -0.496 e. The van der Waals surface area contributed by atoms with Crippen LogP contribution in [0.25, 0.3) is 0 Å². The molecule has 5 nitrogen and oxygen atoms in total. The lowest BCUT2D eigenvalue weighted by molar-refractivity contribution is 0.0353. The first-order chi connectivity index (χ1) is 10.2. The van der Waals surface area contributed by atoms with Crippen LogP contribution in [0.1, 0.15) is 23.6 Å². The van der Waals surface area contributed by atoms with Gasteiger partial charge in [0.25, 0.3) is 0 Å². The number of benzene rings is 1. The summed E-state index contributed by atoms with van der Waals surface area (Å²) in [7, 11) is 3.33. The fourth-order valence-electron chi connectivity index (χ4n) is 1.97. The van der Waals surface area contributed by atoms with Crippen LogP contribution < -0.4 is 10.5 Å². The topological polar surface area (TPSA) is 62.9 Å². The Kier molecular flexibility index (Phi) is 9.01. The average Bonchev–Trinajstić information content (AvgIpc) is 2.49. The second-order valence-corrected chi connectivity index (χ2v) is 4.89. The van der Waals surface area contributed by atoms with Crippen LogP contribution in [0.5, 0.6) is 5.75 Å². The molecule has 0 aliphatic heterocycles. The van der Waals surface area contributed by atoms with Crippen molar-refractivity contribution in [3.8, 4) is 5.75 Å². The number of hydrogen-bond donors (Lipinski definition) is 1. The summed E-state index contributed by atoms with van der Waals surface area (Å²) in [6.45, 7) is 5.00. The normalized spacial score (nSPS) is 12.4. The molecule has 1 rings (SSSR count). The third kappa shape index (κ3) is 6.91. The molecule has 0 radical (unpaired) electrons. The molecule has 5 heteroatoms. The molecular weight excluding hydrogens is 270 g/mol. The van der Waals surface area contributed by atoms with Gasteiger partial charge in [-0.3, -0.25) is 0 Å². The van der Waals surface area contributed by atoms with Gasteiger partial charge in [0, 0.05) is 25.9 Å². The van der Waals surface area contributed by atoms with Crippen LogP contribution in [-0.2, 0) is 14.2 Å². The average molecular weight is 297 g/mol. The van der Waals surface area contributed by atoms with Crippen molar-refractivity contribution >= 4 is 0 Å². The van der Waals surface area contributed by atoms with Crippen molar-refractivity contribution in [3.05, 3.63) is 29.3 Å². The van der Waals surface area contributed by atoms with Crippen molar-refractivity contribution in [3.63, 3.8) is 0 Å². The number of methoxy groups -OCH3 is 2. The molecule has 0 aromatic heterocycles. The van der Waals surface area contributed by atoms with Gasteiger partial charge in [-0.1, -0.05) is 17.7 Å². The molecule has 0 aliphatic rings. The Bertz CT molecular complexity index is 398. The van der Waals surface area contributed by atoms with Crippen LogP contribution in [0.4, 0.5) is 0 Å². The minimum atomic E-state index is -0.201. The number of aryl methyl sites for hydroxylation is 1. The Morgan fingerprint density at radius 2 is 1.81 bits per heavy atom. The van der Waals surface area contributed by atoms with Gasteiger partial charge in [-0.2, -0.15) is 0 Å². The summed E-state index contributed by atoms with van der Waals surface area (Å²) in [6.07, 6.45) is 0.899. The zero-order valence-corrected chi connectivity index (χ0v) is 13.3. The number of hydrogen-bond acceptors (Lipinski definition) is 5. The highest BCUT2D eigenvalue weighted by Gasteiger charge is 2.12. The molecule has 1 atom stereocenters. The molecule has 0 bridgehead atoms. The van der Waals surface area contributed by atoms with Gasteiger partial charge < -0.3 is 24.7 Å². The molecule has 1 unspecified atom stereocenters. The van der Waals surface area contributed by atoms with Crippen LogP contribution in [0.2, 0.25) is 0 Å². The zero-order valence-electron chi connectivity index (χ0n) is 13.3. The lowest BCUT2D eigenvalue weighted by Gasteiger charge is -2.16. The molecule has 0 spiro atoms. The van der Waals surface area contributed by atoms with E-state index in [-0.39, 0.29) is 6.04 Å². The molecule has 120 valence electrons. The predicted octanol–water partition coefficient (Wildman–Crippen LogP) is 2.07. The van der Waals surface area contributed by atoms with E-state index in [1.807, 2.05) is 25.1 Å². The van der Waals surface area contributed by atoms with Crippen LogP contribution in [0.3, 0.4) is 0 Å². The summed E-state index contributed by atoms with van der Waals surface area (Å²) >= 11 is 0. The molecular formula is C16H27NO4. The Hall–Kier alpha value is -1.14. The highest BCUT2D eigenvalue weighted by Crippen LogP contribution is 2.25. The van der Waals surface area contributed by atoms with Gasteiger partial charge in [0.2, 0.25) is 0 Å². The summed E-state index contributed by atoms with van der Waals surface area (Å²) in [5, 5.41) is 0. The van der Waals surface area contributed by atoms with Gasteiger partial charge in [0.05, 0.1) is 33.0 Å². The summed E-state index contributed by atoms with van der Waals surface area (Å²) in [4.78, 5) is 0. The molecule has 0 heterocycles. The molecule has 0 fully saturated rings. The summed E-state index contributed by atoms with van der Waals surface area (Å²) in [5.74, 6) is 0.799. The lowest BCUT2D eigenvalue weighted by Crippen LogP contribution is -2.19. The molecule has 2 N–H and O–H groups in total. The fourth-order valence-corrected chi connectivity index (χ4v) is 1.97. The van der Waals surface area contributed by atoms with E-state index in [0.29, 0.717) is 26.4 Å². The van der Waals surface area contributed by atoms with Crippen molar-refractivity contribution in [2.75, 3.05) is 47.3 Å². The van der Waals surface area contributed by atoms with E-state index in [1.165, 1.54) is 0 Å². The molecule has 0 saturated carbocycles. The molecule has 0 saturated heterocycles. The summed E-state index contributed by atoms with van der Waals surface area (Å²) < 4.78 is 21.2. The first-order valence-electron chi connectivity index (χ1n) is 7.23. The molecule has 1 aromatic carbocycles. The van der Waals surface area contributed by atoms with E-state index in [4.69, 9.17) is 24.7 Å². The number of ether oxygens (including phenoxy) is 4. The Labute approximate surface area is 127 Å². The fraction of sp³-hybridized carbons (Fsp3) is 0.625. The van der Waals surface area contributed by atoms with Crippen molar-refractivity contribution in [1.29, 1.82) is 0 Å². The molecule has 0 aliphatic carbocycles. The Balaban J connectivity index is 2.24. The maximum atomic E-state index is 6.16. The van der Waals surface area contributed by atoms with E-state index in [0.717, 1.165) is 29.9 Å². The van der Waals surface area contributed by atoms with E-state index in [1.54, 1.807) is 14.2 Å². The Morgan fingerprint density at radius 3 is 2.52 bits per heavy atom. The van der Waals surface area contributed by atoms with Gasteiger partial charge in [-0.25, -0.2) is 0 Å².